The van der Waals surface area contributed by atoms with E-state index in [4.69, 9.17) is 10.5 Å². The first-order valence-electron chi connectivity index (χ1n) is 7.32. The Morgan fingerprint density at radius 1 is 1.11 bits per heavy atom. The highest BCUT2D eigenvalue weighted by Crippen LogP contribution is 2.28. The number of carbonyl (C=O) groups is 1. The first-order chi connectivity index (χ1) is 8.69. The Bertz CT molecular complexity index is 267. The smallest absolute Gasteiger partial charge is 0.236 e. The van der Waals surface area contributed by atoms with E-state index in [0.29, 0.717) is 12.2 Å². The summed E-state index contributed by atoms with van der Waals surface area (Å²) in [5, 5.41) is 0. The zero-order valence-electron chi connectivity index (χ0n) is 11.4. The van der Waals surface area contributed by atoms with Gasteiger partial charge in [-0.05, 0) is 44.4 Å². The number of piperidine rings is 1. The van der Waals surface area contributed by atoms with Crippen molar-refractivity contribution in [1.82, 2.24) is 4.90 Å². The fourth-order valence-corrected chi connectivity index (χ4v) is 3.01. The van der Waals surface area contributed by atoms with Crippen LogP contribution in [0.2, 0.25) is 0 Å². The third-order valence-corrected chi connectivity index (χ3v) is 4.32. The number of ether oxygens (including phenoxy) is 1. The Morgan fingerprint density at radius 2 is 1.67 bits per heavy atom. The molecule has 0 unspecified atom stereocenters. The lowest BCUT2D eigenvalue weighted by Gasteiger charge is -2.35. The maximum Gasteiger partial charge on any atom is 0.236 e. The maximum absolute atomic E-state index is 11.5. The predicted octanol–water partition coefficient (Wildman–Crippen LogP) is 1.53. The first kappa shape index (κ1) is 13.8. The molecular formula is C14H26N2O2. The Hall–Kier alpha value is -0.610. The van der Waals surface area contributed by atoms with Crippen LogP contribution in [0.25, 0.3) is 0 Å². The second-order valence-corrected chi connectivity index (χ2v) is 5.80. The summed E-state index contributed by atoms with van der Waals surface area (Å²) in [6, 6.07) is 0. The second kappa shape index (κ2) is 6.53. The van der Waals surface area contributed by atoms with E-state index < -0.39 is 0 Å². The summed E-state index contributed by atoms with van der Waals surface area (Å²) < 4.78 is 6.17. The predicted molar refractivity (Wildman–Crippen MR) is 71.2 cm³/mol. The maximum atomic E-state index is 11.5. The van der Waals surface area contributed by atoms with Crippen LogP contribution < -0.4 is 5.73 Å². The summed E-state index contributed by atoms with van der Waals surface area (Å²) in [6.45, 7) is 4.08. The molecule has 0 aromatic heterocycles. The zero-order valence-corrected chi connectivity index (χ0v) is 11.4. The Labute approximate surface area is 110 Å². The van der Waals surface area contributed by atoms with Crippen molar-refractivity contribution in [3.8, 4) is 0 Å². The van der Waals surface area contributed by atoms with E-state index in [-0.39, 0.29) is 12.5 Å². The van der Waals surface area contributed by atoms with Crippen molar-refractivity contribution in [2.24, 2.45) is 11.7 Å². The molecule has 1 aliphatic heterocycles. The minimum atomic E-state index is 0.0694. The topological polar surface area (TPSA) is 55.6 Å². The van der Waals surface area contributed by atoms with Crippen LogP contribution in [0.15, 0.2) is 0 Å². The van der Waals surface area contributed by atoms with E-state index in [1.807, 2.05) is 4.90 Å². The molecule has 0 aromatic carbocycles. The molecule has 0 radical (unpaired) electrons. The van der Waals surface area contributed by atoms with Crippen molar-refractivity contribution >= 4 is 5.91 Å². The van der Waals surface area contributed by atoms with Crippen molar-refractivity contribution in [2.75, 3.05) is 19.6 Å². The number of likely N-dealkylation sites (tertiary alicyclic amines) is 1. The number of nitrogens with two attached hydrogens (primary N) is 1. The van der Waals surface area contributed by atoms with E-state index in [1.54, 1.807) is 0 Å². The van der Waals surface area contributed by atoms with Gasteiger partial charge < -0.3 is 15.4 Å². The monoisotopic (exact) mass is 254 g/mol. The molecule has 2 rings (SSSR count). The summed E-state index contributed by atoms with van der Waals surface area (Å²) >= 11 is 0. The molecule has 1 saturated carbocycles. The molecular weight excluding hydrogens is 228 g/mol. The van der Waals surface area contributed by atoms with Gasteiger partial charge >= 0.3 is 0 Å². The number of rotatable bonds is 3. The van der Waals surface area contributed by atoms with Crippen molar-refractivity contribution in [1.29, 1.82) is 0 Å². The largest absolute Gasteiger partial charge is 0.375 e. The highest BCUT2D eigenvalue weighted by atomic mass is 16.5. The normalized spacial score (nSPS) is 30.4. The van der Waals surface area contributed by atoms with Gasteiger partial charge in [0.2, 0.25) is 5.91 Å². The lowest BCUT2D eigenvalue weighted by Crippen LogP contribution is -2.44. The standard InChI is InChI=1S/C14H26N2O2/c1-11-2-4-12(5-3-11)18-13-6-8-16(9-7-13)14(17)10-15/h11-13H,2-10,15H2,1H3. The van der Waals surface area contributed by atoms with Gasteiger partial charge in [0.15, 0.2) is 0 Å². The molecule has 0 aromatic rings. The van der Waals surface area contributed by atoms with Gasteiger partial charge in [0.1, 0.15) is 0 Å². The molecule has 18 heavy (non-hydrogen) atoms. The van der Waals surface area contributed by atoms with Crippen LogP contribution in [0.1, 0.15) is 45.4 Å². The average molecular weight is 254 g/mol. The number of hydrogen-bond acceptors (Lipinski definition) is 3. The Balaban J connectivity index is 1.69. The van der Waals surface area contributed by atoms with Crippen LogP contribution in [-0.2, 0) is 9.53 Å². The fraction of sp³-hybridized carbons (Fsp3) is 0.929. The summed E-state index contributed by atoms with van der Waals surface area (Å²) in [7, 11) is 0. The molecule has 2 fully saturated rings. The quantitative estimate of drug-likeness (QED) is 0.831. The zero-order chi connectivity index (χ0) is 13.0. The fourth-order valence-electron chi connectivity index (χ4n) is 3.01. The molecule has 1 aliphatic carbocycles. The van der Waals surface area contributed by atoms with Crippen molar-refractivity contribution in [2.45, 2.75) is 57.7 Å². The molecule has 0 atom stereocenters. The molecule has 1 saturated heterocycles. The SMILES string of the molecule is CC1CCC(OC2CCN(C(=O)CN)CC2)CC1. The molecule has 0 bridgehead atoms. The van der Waals surface area contributed by atoms with Crippen LogP contribution in [-0.4, -0.2) is 42.6 Å². The minimum absolute atomic E-state index is 0.0694. The van der Waals surface area contributed by atoms with Crippen LogP contribution in [0, 0.1) is 5.92 Å². The van der Waals surface area contributed by atoms with E-state index in [9.17, 15) is 4.79 Å². The number of amides is 1. The third kappa shape index (κ3) is 3.69. The second-order valence-electron chi connectivity index (χ2n) is 5.80. The summed E-state index contributed by atoms with van der Waals surface area (Å²) in [6.07, 6.45) is 7.78. The molecule has 2 aliphatic rings. The van der Waals surface area contributed by atoms with Crippen LogP contribution in [0.3, 0.4) is 0 Å². The summed E-state index contributed by atoms with van der Waals surface area (Å²) in [4.78, 5) is 13.3. The number of hydrogen-bond donors (Lipinski definition) is 1. The molecule has 2 N–H and O–H groups in total. The van der Waals surface area contributed by atoms with Crippen LogP contribution in [0.4, 0.5) is 0 Å². The van der Waals surface area contributed by atoms with Gasteiger partial charge in [0, 0.05) is 13.1 Å². The highest BCUT2D eigenvalue weighted by molar-refractivity contribution is 5.78. The van der Waals surface area contributed by atoms with Crippen molar-refractivity contribution < 1.29 is 9.53 Å². The molecule has 1 heterocycles. The number of carbonyl (C=O) groups excluding carboxylic acids is 1. The average Bonchev–Trinajstić information content (AvgIpc) is 2.41. The van der Waals surface area contributed by atoms with E-state index in [1.165, 1.54) is 25.7 Å². The van der Waals surface area contributed by atoms with Crippen molar-refractivity contribution in [3.63, 3.8) is 0 Å². The Kier molecular flexibility index (Phi) is 5.01. The van der Waals surface area contributed by atoms with Gasteiger partial charge in [-0.3, -0.25) is 4.79 Å². The van der Waals surface area contributed by atoms with Gasteiger partial charge in [-0.15, -0.1) is 0 Å². The summed E-state index contributed by atoms with van der Waals surface area (Å²) in [5.74, 6) is 0.939. The molecule has 4 heteroatoms. The summed E-state index contributed by atoms with van der Waals surface area (Å²) in [5.41, 5.74) is 5.38. The molecule has 104 valence electrons. The van der Waals surface area contributed by atoms with Crippen LogP contribution in [0.5, 0.6) is 0 Å². The first-order valence-corrected chi connectivity index (χ1v) is 7.32. The molecule has 0 spiro atoms. The van der Waals surface area contributed by atoms with E-state index >= 15 is 0 Å². The van der Waals surface area contributed by atoms with Gasteiger partial charge in [-0.25, -0.2) is 0 Å². The lowest BCUT2D eigenvalue weighted by molar-refractivity contribution is -0.133. The third-order valence-electron chi connectivity index (χ3n) is 4.32. The van der Waals surface area contributed by atoms with E-state index in [0.717, 1.165) is 31.8 Å². The number of nitrogens with zero attached hydrogens (tertiary/aromatic N) is 1. The molecule has 4 nitrogen and oxygen atoms in total. The van der Waals surface area contributed by atoms with Gasteiger partial charge in [-0.2, -0.15) is 0 Å². The highest BCUT2D eigenvalue weighted by Gasteiger charge is 2.26. The van der Waals surface area contributed by atoms with Gasteiger partial charge in [-0.1, -0.05) is 6.92 Å². The van der Waals surface area contributed by atoms with E-state index in [2.05, 4.69) is 6.92 Å². The minimum Gasteiger partial charge on any atom is -0.375 e. The van der Waals surface area contributed by atoms with Gasteiger partial charge in [0.25, 0.3) is 0 Å². The molecule has 1 amide bonds. The Morgan fingerprint density at radius 3 is 2.22 bits per heavy atom. The van der Waals surface area contributed by atoms with Crippen molar-refractivity contribution in [3.05, 3.63) is 0 Å². The lowest BCUT2D eigenvalue weighted by atomic mass is 9.88. The van der Waals surface area contributed by atoms with Gasteiger partial charge in [0.05, 0.1) is 18.8 Å². The van der Waals surface area contributed by atoms with Crippen LogP contribution >= 0.6 is 0 Å².